The van der Waals surface area contributed by atoms with Gasteiger partial charge in [-0.2, -0.15) is 0 Å². The number of allylic oxidation sites excluding steroid dienone is 19. The van der Waals surface area contributed by atoms with Gasteiger partial charge in [0.1, 0.15) is 24.4 Å². The molecule has 0 aromatic heterocycles. The summed E-state index contributed by atoms with van der Waals surface area (Å²) in [5.74, 6) is -0.198. The lowest BCUT2D eigenvalue weighted by atomic mass is 9.99. The zero-order valence-electron chi connectivity index (χ0n) is 43.3. The fraction of sp³-hybridized carbons (Fsp3) is 0.650. The molecule has 69 heavy (non-hydrogen) atoms. The van der Waals surface area contributed by atoms with Crippen molar-refractivity contribution < 1.29 is 39.8 Å². The minimum Gasteiger partial charge on any atom is -0.394 e. The van der Waals surface area contributed by atoms with Crippen LogP contribution in [-0.4, -0.2) is 87.5 Å². The molecule has 0 aliphatic carbocycles. The first-order valence-electron chi connectivity index (χ1n) is 27.3. The predicted octanol–water partition coefficient (Wildman–Crippen LogP) is 13.2. The van der Waals surface area contributed by atoms with E-state index in [2.05, 4.69) is 129 Å². The highest BCUT2D eigenvalue weighted by molar-refractivity contribution is 5.76. The van der Waals surface area contributed by atoms with Crippen LogP contribution >= 0.6 is 0 Å². The molecule has 392 valence electrons. The van der Waals surface area contributed by atoms with Crippen LogP contribution in [0.2, 0.25) is 0 Å². The topological polar surface area (TPSA) is 149 Å². The van der Waals surface area contributed by atoms with E-state index >= 15 is 0 Å². The second-order valence-electron chi connectivity index (χ2n) is 18.3. The van der Waals surface area contributed by atoms with E-state index in [9.17, 15) is 30.3 Å². The SMILES string of the molecule is CC/C=C\C/C=C\C/C=C\C/C=C\C/C=C\C/C=C\C/C=C\C/C=C\CCCCCCCCCCCCCCCCC(=O)NC(COC1OC(CO)C(O)C(O)C1O)C(O)/C=C/CC/C=C/CCC. The van der Waals surface area contributed by atoms with Crippen molar-refractivity contribution in [2.24, 2.45) is 0 Å². The quantitative estimate of drug-likeness (QED) is 0.0261. The van der Waals surface area contributed by atoms with Crippen molar-refractivity contribution in [1.82, 2.24) is 5.32 Å². The molecule has 1 fully saturated rings. The van der Waals surface area contributed by atoms with E-state index in [1.807, 2.05) is 6.08 Å². The van der Waals surface area contributed by atoms with E-state index in [1.165, 1.54) is 77.0 Å². The van der Waals surface area contributed by atoms with E-state index in [1.54, 1.807) is 6.08 Å². The van der Waals surface area contributed by atoms with Gasteiger partial charge in [-0.3, -0.25) is 4.79 Å². The third-order valence-corrected chi connectivity index (χ3v) is 12.0. The minimum atomic E-state index is -1.57. The average Bonchev–Trinajstić information content (AvgIpc) is 3.35. The highest BCUT2D eigenvalue weighted by Crippen LogP contribution is 2.22. The van der Waals surface area contributed by atoms with Crippen molar-refractivity contribution in [2.45, 2.75) is 236 Å². The van der Waals surface area contributed by atoms with Crippen molar-refractivity contribution in [3.63, 3.8) is 0 Å². The molecule has 1 amide bonds. The third-order valence-electron chi connectivity index (χ3n) is 12.0. The van der Waals surface area contributed by atoms with Crippen LogP contribution in [0.5, 0.6) is 0 Å². The van der Waals surface area contributed by atoms with Gasteiger partial charge in [-0.1, -0.05) is 219 Å². The van der Waals surface area contributed by atoms with Gasteiger partial charge in [-0.25, -0.2) is 0 Å². The van der Waals surface area contributed by atoms with Crippen LogP contribution in [0.4, 0.5) is 0 Å². The minimum absolute atomic E-state index is 0.198. The zero-order valence-corrected chi connectivity index (χ0v) is 43.3. The van der Waals surface area contributed by atoms with Gasteiger partial charge in [-0.05, 0) is 89.9 Å². The molecular formula is C60H99NO8. The Hall–Kier alpha value is -3.41. The molecule has 9 heteroatoms. The normalized spacial score (nSPS) is 20.5. The second kappa shape index (κ2) is 48.2. The monoisotopic (exact) mass is 962 g/mol. The van der Waals surface area contributed by atoms with Crippen LogP contribution < -0.4 is 5.32 Å². The molecule has 0 aromatic rings. The lowest BCUT2D eigenvalue weighted by molar-refractivity contribution is -0.302. The summed E-state index contributed by atoms with van der Waals surface area (Å²) < 4.78 is 11.1. The maximum absolute atomic E-state index is 12.9. The molecular weight excluding hydrogens is 863 g/mol. The molecule has 7 atom stereocenters. The Morgan fingerprint density at radius 2 is 0.913 bits per heavy atom. The fourth-order valence-corrected chi connectivity index (χ4v) is 7.72. The fourth-order valence-electron chi connectivity index (χ4n) is 7.72. The largest absolute Gasteiger partial charge is 0.394 e. The van der Waals surface area contributed by atoms with Gasteiger partial charge in [0.05, 0.1) is 25.4 Å². The first-order valence-corrected chi connectivity index (χ1v) is 27.3. The van der Waals surface area contributed by atoms with Gasteiger partial charge in [0.15, 0.2) is 6.29 Å². The Morgan fingerprint density at radius 3 is 1.38 bits per heavy atom. The Kier molecular flexibility index (Phi) is 44.5. The molecule has 1 aliphatic rings. The first-order chi connectivity index (χ1) is 33.8. The van der Waals surface area contributed by atoms with Crippen molar-refractivity contribution in [3.05, 3.63) is 122 Å². The maximum atomic E-state index is 12.9. The number of rotatable bonds is 44. The van der Waals surface area contributed by atoms with Gasteiger partial charge in [0.25, 0.3) is 0 Å². The number of carbonyl (C=O) groups is 1. The van der Waals surface area contributed by atoms with Crippen molar-refractivity contribution in [1.29, 1.82) is 0 Å². The van der Waals surface area contributed by atoms with E-state index in [0.29, 0.717) is 6.42 Å². The summed E-state index contributed by atoms with van der Waals surface area (Å²) >= 11 is 0. The molecule has 7 unspecified atom stereocenters. The molecule has 1 aliphatic heterocycles. The summed E-state index contributed by atoms with van der Waals surface area (Å²) in [4.78, 5) is 12.9. The molecule has 9 nitrogen and oxygen atoms in total. The van der Waals surface area contributed by atoms with Crippen molar-refractivity contribution in [3.8, 4) is 0 Å². The number of unbranched alkanes of at least 4 members (excludes halogenated alkanes) is 16. The Morgan fingerprint density at radius 1 is 0.507 bits per heavy atom. The van der Waals surface area contributed by atoms with E-state index in [-0.39, 0.29) is 12.5 Å². The number of nitrogens with one attached hydrogen (secondary N) is 1. The highest BCUT2D eigenvalue weighted by atomic mass is 16.7. The Balaban J connectivity index is 2.06. The third kappa shape index (κ3) is 38.0. The van der Waals surface area contributed by atoms with Gasteiger partial charge in [0.2, 0.25) is 5.91 Å². The zero-order chi connectivity index (χ0) is 50.1. The number of hydrogen-bond donors (Lipinski definition) is 6. The lowest BCUT2D eigenvalue weighted by Crippen LogP contribution is -2.60. The van der Waals surface area contributed by atoms with Gasteiger partial charge < -0.3 is 40.3 Å². The van der Waals surface area contributed by atoms with Crippen LogP contribution in [0.3, 0.4) is 0 Å². The highest BCUT2D eigenvalue weighted by Gasteiger charge is 2.44. The summed E-state index contributed by atoms with van der Waals surface area (Å²) in [6.07, 6.45) is 66.0. The van der Waals surface area contributed by atoms with Crippen molar-refractivity contribution >= 4 is 5.91 Å². The number of aliphatic hydroxyl groups is 5. The number of amides is 1. The summed E-state index contributed by atoms with van der Waals surface area (Å²) in [6, 6.07) is -0.825. The summed E-state index contributed by atoms with van der Waals surface area (Å²) in [5.41, 5.74) is 0. The summed E-state index contributed by atoms with van der Waals surface area (Å²) in [5, 5.41) is 54.0. The van der Waals surface area contributed by atoms with E-state index in [4.69, 9.17) is 9.47 Å². The Labute approximate surface area is 420 Å². The van der Waals surface area contributed by atoms with Gasteiger partial charge in [-0.15, -0.1) is 0 Å². The average molecular weight is 962 g/mol. The Bertz CT molecular complexity index is 1490. The van der Waals surface area contributed by atoms with Gasteiger partial charge in [0, 0.05) is 6.42 Å². The number of aliphatic hydroxyl groups excluding tert-OH is 5. The molecule has 6 N–H and O–H groups in total. The van der Waals surface area contributed by atoms with Crippen LogP contribution in [0.1, 0.15) is 194 Å². The van der Waals surface area contributed by atoms with Crippen LogP contribution in [0, 0.1) is 0 Å². The van der Waals surface area contributed by atoms with E-state index < -0.39 is 49.5 Å². The molecule has 0 bridgehead atoms. The van der Waals surface area contributed by atoms with Crippen LogP contribution in [0.25, 0.3) is 0 Å². The standard InChI is InChI=1S/C60H99NO8/c1-3-5-7-9-11-12-13-14-15-16-17-18-19-20-21-22-23-24-25-26-27-28-29-30-31-32-33-34-35-36-37-38-39-40-41-42-44-46-48-50-56(64)61-53(54(63)49-47-45-43-10-8-6-4-2)52-68-60-59(67)58(66)57(65)55(51-62)69-60/h5,7-8,10-12,14-15,17-18,20-21,23-24,26-27,29-30,47,49,53-55,57-60,62-63,65-67H,3-4,6,9,13,16,19,22,25,28,31-46,48,50-52H2,1-2H3,(H,61,64)/b7-5-,10-8+,12-11-,15-14-,18-17-,21-20-,24-23-,27-26-,30-29-,49-47+. The number of carbonyl (C=O) groups excluding carboxylic acids is 1. The number of hydrogen-bond acceptors (Lipinski definition) is 8. The molecule has 0 radical (unpaired) electrons. The van der Waals surface area contributed by atoms with Crippen LogP contribution in [-0.2, 0) is 14.3 Å². The maximum Gasteiger partial charge on any atom is 0.220 e. The summed E-state index contributed by atoms with van der Waals surface area (Å²) in [6.45, 7) is 3.51. The molecule has 1 saturated heterocycles. The van der Waals surface area contributed by atoms with Crippen LogP contribution in [0.15, 0.2) is 122 Å². The molecule has 1 heterocycles. The molecule has 0 saturated carbocycles. The second-order valence-corrected chi connectivity index (χ2v) is 18.3. The number of ether oxygens (including phenoxy) is 2. The predicted molar refractivity (Wildman–Crippen MR) is 290 cm³/mol. The summed E-state index contributed by atoms with van der Waals surface area (Å²) in [7, 11) is 0. The van der Waals surface area contributed by atoms with E-state index in [0.717, 1.165) is 96.3 Å². The lowest BCUT2D eigenvalue weighted by Gasteiger charge is -2.40. The molecule has 1 rings (SSSR count). The molecule has 0 aromatic carbocycles. The van der Waals surface area contributed by atoms with Gasteiger partial charge >= 0.3 is 0 Å². The molecule has 0 spiro atoms. The first kappa shape index (κ1) is 63.6. The van der Waals surface area contributed by atoms with Crippen molar-refractivity contribution in [2.75, 3.05) is 13.2 Å². The smallest absolute Gasteiger partial charge is 0.220 e.